The zero-order valence-electron chi connectivity index (χ0n) is 26.2. The van der Waals surface area contributed by atoms with E-state index in [1.54, 1.807) is 38.1 Å². The highest BCUT2D eigenvalue weighted by atomic mass is 16.3. The van der Waals surface area contributed by atoms with Gasteiger partial charge in [0, 0.05) is 42.8 Å². The van der Waals surface area contributed by atoms with E-state index in [1.807, 2.05) is 11.0 Å². The molecule has 1 aromatic heterocycles. The molecule has 4 N–H and O–H groups in total. The Bertz CT molecular complexity index is 1300. The van der Waals surface area contributed by atoms with Gasteiger partial charge in [-0.05, 0) is 63.8 Å². The Hall–Kier alpha value is -3.55. The Morgan fingerprint density at radius 2 is 1.88 bits per heavy atom. The molecule has 0 aliphatic heterocycles. The van der Waals surface area contributed by atoms with Crippen LogP contribution in [0.25, 0.3) is 0 Å². The van der Waals surface area contributed by atoms with Gasteiger partial charge in [0.1, 0.15) is 11.6 Å². The number of hydrogen-bond acceptors (Lipinski definition) is 8. The van der Waals surface area contributed by atoms with Crippen LogP contribution in [-0.2, 0) is 6.54 Å². The van der Waals surface area contributed by atoms with E-state index in [1.165, 1.54) is 0 Å². The number of aromatic hydroxyl groups is 1. The minimum absolute atomic E-state index is 0.0163. The van der Waals surface area contributed by atoms with E-state index in [-0.39, 0.29) is 53.1 Å². The number of carbonyl (C=O) groups is 1. The second kappa shape index (κ2) is 17.4. The molecule has 42 heavy (non-hydrogen) atoms. The molecule has 0 spiro atoms. The molecule has 1 amide bonds. The van der Waals surface area contributed by atoms with E-state index in [9.17, 15) is 20.0 Å². The van der Waals surface area contributed by atoms with Gasteiger partial charge in [-0.15, -0.1) is 5.11 Å². The van der Waals surface area contributed by atoms with Gasteiger partial charge in [0.15, 0.2) is 5.69 Å². The molecule has 10 heteroatoms. The molecule has 3 atom stereocenters. The van der Waals surface area contributed by atoms with Gasteiger partial charge < -0.3 is 21.1 Å². The van der Waals surface area contributed by atoms with E-state index >= 15 is 0 Å². The SMILES string of the molecule is CCCCNC(CC)CN(CC(CC)C(N)CCC)C(=O)c1cccc(N=Nc2c(C)c(C#N)c(O)n(CC)c2=O)c1. The Kier molecular flexibility index (Phi) is 14.4. The van der Waals surface area contributed by atoms with Crippen LogP contribution < -0.4 is 16.6 Å². The average molecular weight is 580 g/mol. The molecule has 0 aliphatic carbocycles. The summed E-state index contributed by atoms with van der Waals surface area (Å²) in [6.07, 6.45) is 5.86. The van der Waals surface area contributed by atoms with E-state index in [0.717, 1.165) is 49.6 Å². The van der Waals surface area contributed by atoms with Gasteiger partial charge in [0.2, 0.25) is 5.88 Å². The second-order valence-electron chi connectivity index (χ2n) is 10.8. The number of aromatic nitrogens is 1. The summed E-state index contributed by atoms with van der Waals surface area (Å²) in [7, 11) is 0. The van der Waals surface area contributed by atoms with Crippen LogP contribution in [0.1, 0.15) is 94.6 Å². The van der Waals surface area contributed by atoms with Crippen LogP contribution in [0.15, 0.2) is 39.3 Å². The van der Waals surface area contributed by atoms with Crippen LogP contribution >= 0.6 is 0 Å². The van der Waals surface area contributed by atoms with Crippen LogP contribution in [0.4, 0.5) is 11.4 Å². The Morgan fingerprint density at radius 1 is 1.14 bits per heavy atom. The molecule has 1 aromatic carbocycles. The fraction of sp³-hybridized carbons (Fsp3) is 0.594. The number of amides is 1. The quantitative estimate of drug-likeness (QED) is 0.156. The normalized spacial score (nSPS) is 13.6. The van der Waals surface area contributed by atoms with Crippen molar-refractivity contribution in [1.29, 1.82) is 5.26 Å². The maximum absolute atomic E-state index is 14.0. The maximum atomic E-state index is 14.0. The highest BCUT2D eigenvalue weighted by molar-refractivity contribution is 5.95. The number of nitrogens with zero attached hydrogens (tertiary/aromatic N) is 5. The number of nitrogens with two attached hydrogens (primary N) is 1. The number of benzene rings is 1. The number of hydrogen-bond donors (Lipinski definition) is 3. The maximum Gasteiger partial charge on any atom is 0.281 e. The second-order valence-corrected chi connectivity index (χ2v) is 10.8. The summed E-state index contributed by atoms with van der Waals surface area (Å²) in [4.78, 5) is 28.8. The first kappa shape index (κ1) is 34.7. The van der Waals surface area contributed by atoms with E-state index < -0.39 is 5.56 Å². The molecule has 2 rings (SSSR count). The Labute approximate surface area is 250 Å². The first-order valence-electron chi connectivity index (χ1n) is 15.3. The Balaban J connectivity index is 2.43. The summed E-state index contributed by atoms with van der Waals surface area (Å²) in [6.45, 7) is 14.0. The van der Waals surface area contributed by atoms with Gasteiger partial charge in [0.05, 0.1) is 5.69 Å². The number of azo groups is 1. The minimum Gasteiger partial charge on any atom is -0.493 e. The molecule has 10 nitrogen and oxygen atoms in total. The van der Waals surface area contributed by atoms with Crippen molar-refractivity contribution in [3.05, 3.63) is 51.3 Å². The number of nitrogens with one attached hydrogen (secondary N) is 1. The fourth-order valence-electron chi connectivity index (χ4n) is 5.09. The molecule has 0 saturated carbocycles. The predicted molar refractivity (Wildman–Crippen MR) is 168 cm³/mol. The highest BCUT2D eigenvalue weighted by Gasteiger charge is 2.25. The lowest BCUT2D eigenvalue weighted by atomic mass is 9.93. The standard InChI is InChI=1S/C32H49N7O3/c1-7-12-17-35-25(10-4)21-38(20-23(9-3)28(34)14-8-2)30(40)24-15-13-16-26(18-24)36-37-29-22(6)27(19-33)31(41)39(11-5)32(29)42/h13,15-16,18,23,25,28,35,41H,7-12,14,17,20-21,34H2,1-6H3. The van der Waals surface area contributed by atoms with Gasteiger partial charge in [-0.3, -0.25) is 14.2 Å². The van der Waals surface area contributed by atoms with Crippen molar-refractivity contribution in [3.8, 4) is 11.9 Å². The molecule has 0 aliphatic rings. The topological polar surface area (TPSA) is 149 Å². The fourth-order valence-corrected chi connectivity index (χ4v) is 5.09. The van der Waals surface area contributed by atoms with Crippen molar-refractivity contribution in [2.24, 2.45) is 21.9 Å². The van der Waals surface area contributed by atoms with Gasteiger partial charge in [-0.1, -0.05) is 53.0 Å². The van der Waals surface area contributed by atoms with Crippen molar-refractivity contribution >= 4 is 17.3 Å². The van der Waals surface area contributed by atoms with Crippen molar-refractivity contribution in [2.75, 3.05) is 19.6 Å². The molecule has 230 valence electrons. The Morgan fingerprint density at radius 3 is 2.48 bits per heavy atom. The molecular formula is C32H49N7O3. The van der Waals surface area contributed by atoms with Crippen LogP contribution in [0, 0.1) is 24.2 Å². The third-order valence-electron chi connectivity index (χ3n) is 7.83. The van der Waals surface area contributed by atoms with Crippen LogP contribution in [-0.4, -0.2) is 52.2 Å². The average Bonchev–Trinajstić information content (AvgIpc) is 2.98. The lowest BCUT2D eigenvalue weighted by molar-refractivity contribution is 0.0695. The molecule has 0 radical (unpaired) electrons. The number of carbonyl (C=O) groups excluding carboxylic acids is 1. The summed E-state index contributed by atoms with van der Waals surface area (Å²) in [5.41, 5.74) is 7.08. The zero-order valence-corrected chi connectivity index (χ0v) is 26.2. The minimum atomic E-state index is -0.538. The summed E-state index contributed by atoms with van der Waals surface area (Å²) in [5, 5.41) is 31.8. The lowest BCUT2D eigenvalue weighted by Crippen LogP contribution is -2.48. The van der Waals surface area contributed by atoms with Crippen molar-refractivity contribution < 1.29 is 9.90 Å². The number of unbranched alkanes of at least 4 members (excludes halogenated alkanes) is 1. The van der Waals surface area contributed by atoms with Crippen LogP contribution in [0.2, 0.25) is 0 Å². The van der Waals surface area contributed by atoms with Crippen molar-refractivity contribution in [2.45, 2.75) is 98.7 Å². The molecule has 0 saturated heterocycles. The first-order valence-corrected chi connectivity index (χ1v) is 15.3. The smallest absolute Gasteiger partial charge is 0.281 e. The summed E-state index contributed by atoms with van der Waals surface area (Å²) in [5.74, 6) is -0.309. The van der Waals surface area contributed by atoms with Gasteiger partial charge in [0.25, 0.3) is 11.5 Å². The number of nitriles is 1. The largest absolute Gasteiger partial charge is 0.493 e. The van der Waals surface area contributed by atoms with Crippen molar-refractivity contribution in [3.63, 3.8) is 0 Å². The summed E-state index contributed by atoms with van der Waals surface area (Å²) >= 11 is 0. The van der Waals surface area contributed by atoms with Gasteiger partial charge in [-0.2, -0.15) is 10.4 Å². The van der Waals surface area contributed by atoms with Gasteiger partial charge in [-0.25, -0.2) is 0 Å². The number of rotatable bonds is 17. The third-order valence-corrected chi connectivity index (χ3v) is 7.83. The predicted octanol–water partition coefficient (Wildman–Crippen LogP) is 5.93. The van der Waals surface area contributed by atoms with Crippen LogP contribution in [0.3, 0.4) is 0 Å². The molecule has 3 unspecified atom stereocenters. The van der Waals surface area contributed by atoms with E-state index in [2.05, 4.69) is 43.2 Å². The van der Waals surface area contributed by atoms with Crippen LogP contribution in [0.5, 0.6) is 5.88 Å². The first-order chi connectivity index (χ1) is 20.2. The molecule has 1 heterocycles. The lowest BCUT2D eigenvalue weighted by Gasteiger charge is -2.33. The molecule has 0 fully saturated rings. The van der Waals surface area contributed by atoms with Gasteiger partial charge >= 0.3 is 0 Å². The molecule has 2 aromatic rings. The number of pyridine rings is 1. The zero-order chi connectivity index (χ0) is 31.2. The van der Waals surface area contributed by atoms with E-state index in [0.29, 0.717) is 24.3 Å². The summed E-state index contributed by atoms with van der Waals surface area (Å²) in [6, 6.07) is 8.99. The molecule has 0 bridgehead atoms. The highest BCUT2D eigenvalue weighted by Crippen LogP contribution is 2.27. The monoisotopic (exact) mass is 579 g/mol. The third kappa shape index (κ3) is 8.97. The summed E-state index contributed by atoms with van der Waals surface area (Å²) < 4.78 is 1.09. The van der Waals surface area contributed by atoms with E-state index in [4.69, 9.17) is 5.73 Å². The van der Waals surface area contributed by atoms with Crippen molar-refractivity contribution in [1.82, 2.24) is 14.8 Å². The molecular weight excluding hydrogens is 530 g/mol.